The number of nitrogens with one attached hydrogen (secondary N) is 2. The summed E-state index contributed by atoms with van der Waals surface area (Å²) in [6.45, 7) is 2.40. The molecule has 0 saturated heterocycles. The lowest BCUT2D eigenvalue weighted by Gasteiger charge is -2.08. The average molecular weight is 360 g/mol. The van der Waals surface area contributed by atoms with Crippen LogP contribution in [0.2, 0.25) is 0 Å². The van der Waals surface area contributed by atoms with Crippen LogP contribution in [0.4, 0.5) is 23.2 Å². The van der Waals surface area contributed by atoms with Gasteiger partial charge in [0.05, 0.1) is 18.4 Å². The molecule has 0 atom stereocenters. The maximum Gasteiger partial charge on any atom is 0.194 e. The zero-order chi connectivity index (χ0) is 17.7. The van der Waals surface area contributed by atoms with Crippen LogP contribution in [-0.2, 0) is 6.54 Å². The number of hydrogen-bond acceptors (Lipinski definition) is 2. The lowest BCUT2D eigenvalue weighted by molar-refractivity contribution is 0.420. The molecule has 2 aromatic rings. The highest BCUT2D eigenvalue weighted by atomic mass is 32.1. The normalized spacial score (nSPS) is 10.7. The van der Waals surface area contributed by atoms with Gasteiger partial charge in [0.25, 0.3) is 0 Å². The molecular weight excluding hydrogens is 344 g/mol. The quantitative estimate of drug-likeness (QED) is 0.272. The summed E-state index contributed by atoms with van der Waals surface area (Å²) >= 11 is 5.09. The molecule has 1 aromatic heterocycles. The van der Waals surface area contributed by atoms with Gasteiger partial charge in [-0.1, -0.05) is 13.3 Å². The molecule has 0 fully saturated rings. The second kappa shape index (κ2) is 8.09. The van der Waals surface area contributed by atoms with E-state index in [9.17, 15) is 17.6 Å². The zero-order valence-electron chi connectivity index (χ0n) is 12.9. The van der Waals surface area contributed by atoms with Crippen molar-refractivity contribution in [3.8, 4) is 0 Å². The van der Waals surface area contributed by atoms with Gasteiger partial charge in [0.2, 0.25) is 0 Å². The Morgan fingerprint density at radius 3 is 2.67 bits per heavy atom. The van der Waals surface area contributed by atoms with Crippen molar-refractivity contribution in [2.45, 2.75) is 26.3 Å². The summed E-state index contributed by atoms with van der Waals surface area (Å²) in [4.78, 5) is 0. The molecule has 9 heteroatoms. The molecule has 0 bridgehead atoms. The van der Waals surface area contributed by atoms with Gasteiger partial charge in [0.15, 0.2) is 22.6 Å². The van der Waals surface area contributed by atoms with Crippen molar-refractivity contribution in [1.29, 1.82) is 0 Å². The third kappa shape index (κ3) is 4.44. The molecule has 2 rings (SSSR count). The molecule has 130 valence electrons. The van der Waals surface area contributed by atoms with Crippen LogP contribution in [0.1, 0.15) is 25.3 Å². The number of rotatable bonds is 6. The number of hydrogen-bond donors (Lipinski definition) is 2. The lowest BCUT2D eigenvalue weighted by atomic mass is 10.2. The SMILES string of the molecule is CCCCNC(=S)Nc1cnn(Cc2c(F)cc(F)c(F)c2F)c1. The first-order valence-corrected chi connectivity index (χ1v) is 7.72. The molecule has 2 N–H and O–H groups in total. The third-order valence-corrected chi connectivity index (χ3v) is 3.48. The number of anilines is 1. The Bertz CT molecular complexity index is 733. The van der Waals surface area contributed by atoms with Crippen molar-refractivity contribution in [3.05, 3.63) is 47.3 Å². The predicted molar refractivity (Wildman–Crippen MR) is 86.7 cm³/mol. The van der Waals surface area contributed by atoms with Crippen LogP contribution in [0.5, 0.6) is 0 Å². The number of thiocarbonyl (C=S) groups is 1. The highest BCUT2D eigenvalue weighted by molar-refractivity contribution is 7.80. The molecule has 0 aliphatic carbocycles. The van der Waals surface area contributed by atoms with Gasteiger partial charge >= 0.3 is 0 Å². The van der Waals surface area contributed by atoms with E-state index in [-0.39, 0.29) is 6.54 Å². The molecule has 0 unspecified atom stereocenters. The number of halogens is 4. The van der Waals surface area contributed by atoms with E-state index in [4.69, 9.17) is 12.2 Å². The molecule has 1 heterocycles. The fourth-order valence-electron chi connectivity index (χ4n) is 1.98. The molecule has 0 saturated carbocycles. The summed E-state index contributed by atoms with van der Waals surface area (Å²) in [6.07, 6.45) is 4.85. The van der Waals surface area contributed by atoms with Crippen LogP contribution in [0, 0.1) is 23.3 Å². The maximum absolute atomic E-state index is 13.7. The Balaban J connectivity index is 2.04. The minimum absolute atomic E-state index is 0.309. The van der Waals surface area contributed by atoms with Crippen molar-refractivity contribution in [2.24, 2.45) is 0 Å². The van der Waals surface area contributed by atoms with Gasteiger partial charge in [0, 0.05) is 24.4 Å². The Hall–Kier alpha value is -2.16. The Morgan fingerprint density at radius 2 is 1.96 bits per heavy atom. The van der Waals surface area contributed by atoms with Crippen molar-refractivity contribution in [2.75, 3.05) is 11.9 Å². The molecule has 0 aliphatic rings. The minimum Gasteiger partial charge on any atom is -0.362 e. The summed E-state index contributed by atoms with van der Waals surface area (Å²) in [6, 6.07) is 0.309. The first-order valence-electron chi connectivity index (χ1n) is 7.31. The topological polar surface area (TPSA) is 41.9 Å². The average Bonchev–Trinajstić information content (AvgIpc) is 2.97. The molecule has 4 nitrogen and oxygen atoms in total. The summed E-state index contributed by atoms with van der Waals surface area (Å²) in [5.41, 5.74) is -0.0976. The monoisotopic (exact) mass is 360 g/mol. The minimum atomic E-state index is -1.71. The van der Waals surface area contributed by atoms with Crippen molar-refractivity contribution in [1.82, 2.24) is 15.1 Å². The highest BCUT2D eigenvalue weighted by Crippen LogP contribution is 2.20. The van der Waals surface area contributed by atoms with E-state index in [1.807, 2.05) is 0 Å². The van der Waals surface area contributed by atoms with Crippen LogP contribution in [-0.4, -0.2) is 21.4 Å². The Labute approximate surface area is 141 Å². The molecule has 0 amide bonds. The highest BCUT2D eigenvalue weighted by Gasteiger charge is 2.19. The predicted octanol–water partition coefficient (Wildman–Crippen LogP) is 3.57. The molecular formula is C15H16F4N4S. The summed E-state index contributed by atoms with van der Waals surface area (Å²) in [5, 5.41) is 10.2. The van der Waals surface area contributed by atoms with Gasteiger partial charge in [-0.3, -0.25) is 4.68 Å². The first kappa shape index (κ1) is 18.2. The number of unbranched alkanes of at least 4 members (excludes halogenated alkanes) is 1. The zero-order valence-corrected chi connectivity index (χ0v) is 13.7. The van der Waals surface area contributed by atoms with Crippen molar-refractivity contribution >= 4 is 23.0 Å². The van der Waals surface area contributed by atoms with Gasteiger partial charge in [-0.05, 0) is 18.6 Å². The van der Waals surface area contributed by atoms with Crippen LogP contribution in [0.15, 0.2) is 18.5 Å². The van der Waals surface area contributed by atoms with Crippen LogP contribution >= 0.6 is 12.2 Å². The molecule has 24 heavy (non-hydrogen) atoms. The van der Waals surface area contributed by atoms with Gasteiger partial charge in [-0.25, -0.2) is 17.6 Å². The molecule has 0 aliphatic heterocycles. The van der Waals surface area contributed by atoms with E-state index in [0.717, 1.165) is 19.4 Å². The first-order chi connectivity index (χ1) is 11.4. The maximum atomic E-state index is 13.7. The second-order valence-corrected chi connectivity index (χ2v) is 5.52. The second-order valence-electron chi connectivity index (χ2n) is 5.11. The van der Waals surface area contributed by atoms with Crippen LogP contribution < -0.4 is 10.6 Å². The van der Waals surface area contributed by atoms with E-state index in [1.54, 1.807) is 0 Å². The van der Waals surface area contributed by atoms with E-state index >= 15 is 0 Å². The number of nitrogens with zero attached hydrogens (tertiary/aromatic N) is 2. The summed E-state index contributed by atoms with van der Waals surface area (Å²) in [5.74, 6) is -6.01. The van der Waals surface area contributed by atoms with Gasteiger partial charge in [0.1, 0.15) is 5.82 Å². The molecule has 0 radical (unpaired) electrons. The fraction of sp³-hybridized carbons (Fsp3) is 0.333. The largest absolute Gasteiger partial charge is 0.362 e. The van der Waals surface area contributed by atoms with Gasteiger partial charge < -0.3 is 10.6 Å². The third-order valence-electron chi connectivity index (χ3n) is 3.24. The van der Waals surface area contributed by atoms with E-state index in [1.165, 1.54) is 17.1 Å². The van der Waals surface area contributed by atoms with Crippen molar-refractivity contribution in [3.63, 3.8) is 0 Å². The number of benzene rings is 1. The van der Waals surface area contributed by atoms with Crippen LogP contribution in [0.25, 0.3) is 0 Å². The van der Waals surface area contributed by atoms with E-state index < -0.39 is 28.8 Å². The molecule has 0 spiro atoms. The standard InChI is InChI=1S/C15H16F4N4S/c1-2-3-4-20-15(24)22-9-6-21-23(7-9)8-10-11(16)5-12(17)14(19)13(10)18/h5-7H,2-4,8H2,1H3,(H2,20,22,24). The molecule has 1 aromatic carbocycles. The Morgan fingerprint density at radius 1 is 1.21 bits per heavy atom. The van der Waals surface area contributed by atoms with Gasteiger partial charge in [-0.15, -0.1) is 0 Å². The van der Waals surface area contributed by atoms with Gasteiger partial charge in [-0.2, -0.15) is 5.10 Å². The number of aromatic nitrogens is 2. The van der Waals surface area contributed by atoms with Crippen LogP contribution in [0.3, 0.4) is 0 Å². The summed E-state index contributed by atoms with van der Waals surface area (Å²) in [7, 11) is 0. The Kier molecular flexibility index (Phi) is 6.13. The van der Waals surface area contributed by atoms with Crippen molar-refractivity contribution < 1.29 is 17.6 Å². The van der Waals surface area contributed by atoms with E-state index in [0.29, 0.717) is 16.9 Å². The summed E-state index contributed by atoms with van der Waals surface area (Å²) < 4.78 is 54.6. The fourth-order valence-corrected chi connectivity index (χ4v) is 2.20. The smallest absolute Gasteiger partial charge is 0.194 e. The lowest BCUT2D eigenvalue weighted by Crippen LogP contribution is -2.28. The van der Waals surface area contributed by atoms with E-state index in [2.05, 4.69) is 22.7 Å².